The van der Waals surface area contributed by atoms with Crippen molar-refractivity contribution < 1.29 is 19.8 Å². The van der Waals surface area contributed by atoms with Crippen molar-refractivity contribution in [2.75, 3.05) is 0 Å². The maximum atomic E-state index is 10.8. The second kappa shape index (κ2) is 7.70. The minimum absolute atomic E-state index is 0.452. The van der Waals surface area contributed by atoms with Gasteiger partial charge in [0.15, 0.2) is 5.78 Å². The molecule has 0 heterocycles. The number of allylic oxidation sites excluding steroid dienone is 5. The summed E-state index contributed by atoms with van der Waals surface area (Å²) in [6.07, 6.45) is 8.08. The predicted molar refractivity (Wildman–Crippen MR) is 56.4 cm³/mol. The van der Waals surface area contributed by atoms with Crippen molar-refractivity contribution in [1.29, 1.82) is 0 Å². The van der Waals surface area contributed by atoms with E-state index in [1.807, 2.05) is 0 Å². The number of hydrogen-bond acceptors (Lipinski definition) is 3. The highest BCUT2D eigenvalue weighted by molar-refractivity contribution is 6.01. The molecule has 0 aromatic carbocycles. The summed E-state index contributed by atoms with van der Waals surface area (Å²) in [6.45, 7) is 1.62. The molecule has 0 saturated heterocycles. The van der Waals surface area contributed by atoms with Crippen LogP contribution in [0.5, 0.6) is 0 Å². The maximum Gasteiger partial charge on any atom is 0.311 e. The second-order valence-corrected chi connectivity index (χ2v) is 2.91. The molecule has 0 fully saturated rings. The number of aliphatic hydroxyl groups excluding tert-OH is 1. The Morgan fingerprint density at radius 1 is 1.20 bits per heavy atom. The zero-order chi connectivity index (χ0) is 11.7. The molecule has 82 valence electrons. The van der Waals surface area contributed by atoms with Gasteiger partial charge >= 0.3 is 5.97 Å². The molecule has 0 aromatic rings. The van der Waals surface area contributed by atoms with Crippen LogP contribution in [0.4, 0.5) is 0 Å². The van der Waals surface area contributed by atoms with E-state index in [1.165, 1.54) is 12.2 Å². The molecule has 0 spiro atoms. The first-order valence-electron chi connectivity index (χ1n) is 4.46. The van der Waals surface area contributed by atoms with Gasteiger partial charge in [-0.25, -0.2) is 0 Å². The van der Waals surface area contributed by atoms with Gasteiger partial charge in [0.05, 0.1) is 6.10 Å². The first kappa shape index (κ1) is 13.3. The molecule has 1 atom stereocenters. The third-order valence-electron chi connectivity index (χ3n) is 1.33. The average molecular weight is 210 g/mol. The lowest BCUT2D eigenvalue weighted by molar-refractivity contribution is -0.139. The van der Waals surface area contributed by atoms with Gasteiger partial charge in [0, 0.05) is 0 Å². The Balaban J connectivity index is 3.89. The number of carboxylic acid groups (broad SMARTS) is 1. The lowest BCUT2D eigenvalue weighted by Gasteiger charge is -1.88. The summed E-state index contributed by atoms with van der Waals surface area (Å²) < 4.78 is 0. The highest BCUT2D eigenvalue weighted by Gasteiger charge is 2.01. The van der Waals surface area contributed by atoms with Crippen molar-refractivity contribution >= 4 is 11.8 Å². The van der Waals surface area contributed by atoms with Crippen LogP contribution in [0.2, 0.25) is 0 Å². The molecular formula is C11H14O4. The topological polar surface area (TPSA) is 74.6 Å². The predicted octanol–water partition coefficient (Wildman–Crippen LogP) is 1.08. The van der Waals surface area contributed by atoms with Gasteiger partial charge in [-0.05, 0) is 13.0 Å². The molecule has 4 heteroatoms. The maximum absolute atomic E-state index is 10.8. The Hall–Kier alpha value is -1.68. The summed E-state index contributed by atoms with van der Waals surface area (Å²) in [4.78, 5) is 20.9. The number of aliphatic carboxylic acids is 1. The van der Waals surface area contributed by atoms with E-state index in [-0.39, 0.29) is 0 Å². The molecule has 0 aromatic heterocycles. The van der Waals surface area contributed by atoms with E-state index in [0.717, 1.165) is 0 Å². The summed E-state index contributed by atoms with van der Waals surface area (Å²) in [5.74, 6) is -1.59. The molecule has 0 bridgehead atoms. The highest BCUT2D eigenvalue weighted by atomic mass is 16.4. The lowest BCUT2D eigenvalue weighted by atomic mass is 10.2. The first-order valence-corrected chi connectivity index (χ1v) is 4.46. The van der Waals surface area contributed by atoms with E-state index < -0.39 is 24.3 Å². The van der Waals surface area contributed by atoms with Crippen LogP contribution < -0.4 is 0 Å². The van der Waals surface area contributed by atoms with Gasteiger partial charge in [0.25, 0.3) is 0 Å². The van der Waals surface area contributed by atoms with Crippen molar-refractivity contribution in [3.8, 4) is 0 Å². The summed E-state index contributed by atoms with van der Waals surface area (Å²) in [5, 5.41) is 17.1. The minimum Gasteiger partial charge on any atom is -0.481 e. The van der Waals surface area contributed by atoms with Gasteiger partial charge in [-0.2, -0.15) is 0 Å². The molecule has 0 aliphatic rings. The minimum atomic E-state index is -1.14. The number of hydrogen-bond donors (Lipinski definition) is 2. The van der Waals surface area contributed by atoms with Crippen LogP contribution in [0.3, 0.4) is 0 Å². The van der Waals surface area contributed by atoms with Crippen molar-refractivity contribution in [3.63, 3.8) is 0 Å². The Kier molecular flexibility index (Phi) is 6.84. The summed E-state index contributed by atoms with van der Waals surface area (Å²) in [6, 6.07) is 0. The largest absolute Gasteiger partial charge is 0.481 e. The molecule has 4 nitrogen and oxygen atoms in total. The standard InChI is InChI=1S/C11H14O4/c1-9(12)6-4-2-3-5-7-10(13)8-11(14)15/h2-7,9,12H,8H2,1H3,(H,14,15). The molecule has 0 amide bonds. The SMILES string of the molecule is CC(O)C=CC=CC=CC(=O)CC(=O)O. The highest BCUT2D eigenvalue weighted by Crippen LogP contribution is 1.88. The summed E-state index contributed by atoms with van der Waals surface area (Å²) in [7, 11) is 0. The van der Waals surface area contributed by atoms with E-state index >= 15 is 0 Å². The van der Waals surface area contributed by atoms with Crippen molar-refractivity contribution in [2.24, 2.45) is 0 Å². The molecule has 0 aliphatic carbocycles. The monoisotopic (exact) mass is 210 g/mol. The normalized spacial score (nSPS) is 14.0. The number of carbonyl (C=O) groups excluding carboxylic acids is 1. The number of carboxylic acids is 1. The number of ketones is 1. The van der Waals surface area contributed by atoms with Crippen LogP contribution in [0.25, 0.3) is 0 Å². The summed E-state index contributed by atoms with van der Waals surface area (Å²) in [5.41, 5.74) is 0. The Bertz CT molecular complexity index is 298. The lowest BCUT2D eigenvalue weighted by Crippen LogP contribution is -2.02. The fourth-order valence-corrected chi connectivity index (χ4v) is 0.724. The van der Waals surface area contributed by atoms with Gasteiger partial charge < -0.3 is 10.2 Å². The van der Waals surface area contributed by atoms with Crippen molar-refractivity contribution in [3.05, 3.63) is 36.5 Å². The van der Waals surface area contributed by atoms with E-state index in [9.17, 15) is 9.59 Å². The second-order valence-electron chi connectivity index (χ2n) is 2.91. The van der Waals surface area contributed by atoms with E-state index in [0.29, 0.717) is 0 Å². The first-order chi connectivity index (χ1) is 7.02. The molecule has 2 N–H and O–H groups in total. The average Bonchev–Trinajstić information content (AvgIpc) is 2.09. The smallest absolute Gasteiger partial charge is 0.311 e. The van der Waals surface area contributed by atoms with Gasteiger partial charge in [0.2, 0.25) is 0 Å². The zero-order valence-corrected chi connectivity index (χ0v) is 8.46. The van der Waals surface area contributed by atoms with Gasteiger partial charge in [-0.15, -0.1) is 0 Å². The summed E-state index contributed by atoms with van der Waals surface area (Å²) >= 11 is 0. The third-order valence-corrected chi connectivity index (χ3v) is 1.33. The Labute approximate surface area is 88.2 Å². The van der Waals surface area contributed by atoms with Crippen molar-refractivity contribution in [2.45, 2.75) is 19.4 Å². The van der Waals surface area contributed by atoms with Crippen LogP contribution in [0.15, 0.2) is 36.5 Å². The van der Waals surface area contributed by atoms with Crippen LogP contribution in [0.1, 0.15) is 13.3 Å². The van der Waals surface area contributed by atoms with Crippen LogP contribution in [-0.4, -0.2) is 28.1 Å². The number of aliphatic hydroxyl groups is 1. The Morgan fingerprint density at radius 3 is 2.33 bits per heavy atom. The fraction of sp³-hybridized carbons (Fsp3) is 0.273. The molecular weight excluding hydrogens is 196 g/mol. The molecule has 1 unspecified atom stereocenters. The van der Waals surface area contributed by atoms with Crippen LogP contribution in [-0.2, 0) is 9.59 Å². The third kappa shape index (κ3) is 10.2. The quantitative estimate of drug-likeness (QED) is 0.391. The molecule has 0 saturated carbocycles. The van der Waals surface area contributed by atoms with Gasteiger partial charge in [0.1, 0.15) is 6.42 Å². The molecule has 15 heavy (non-hydrogen) atoms. The molecule has 0 radical (unpaired) electrons. The zero-order valence-electron chi connectivity index (χ0n) is 8.46. The van der Waals surface area contributed by atoms with Crippen LogP contribution in [0, 0.1) is 0 Å². The van der Waals surface area contributed by atoms with Gasteiger partial charge in [-0.3, -0.25) is 9.59 Å². The molecule has 0 rings (SSSR count). The number of rotatable bonds is 6. The van der Waals surface area contributed by atoms with Crippen LogP contribution >= 0.6 is 0 Å². The molecule has 0 aliphatic heterocycles. The van der Waals surface area contributed by atoms with E-state index in [4.69, 9.17) is 10.2 Å². The van der Waals surface area contributed by atoms with Crippen molar-refractivity contribution in [1.82, 2.24) is 0 Å². The number of carbonyl (C=O) groups is 2. The van der Waals surface area contributed by atoms with E-state index in [2.05, 4.69) is 0 Å². The Morgan fingerprint density at radius 2 is 1.80 bits per heavy atom. The van der Waals surface area contributed by atoms with Gasteiger partial charge in [-0.1, -0.05) is 30.4 Å². The fourth-order valence-electron chi connectivity index (χ4n) is 0.724. The van der Waals surface area contributed by atoms with E-state index in [1.54, 1.807) is 31.2 Å².